The van der Waals surface area contributed by atoms with Crippen molar-refractivity contribution in [1.82, 2.24) is 73.4 Å². The van der Waals surface area contributed by atoms with Crippen molar-refractivity contribution >= 4 is 122 Å². The van der Waals surface area contributed by atoms with Crippen LogP contribution in [0.1, 0.15) is 108 Å². The van der Waals surface area contributed by atoms with E-state index in [1.165, 1.54) is 35.4 Å². The molecule has 1 aliphatic rings. The standard InChI is InChI=1S/C80H108N22O18/c1-41(2)28-50(81)79(120)102-27-13-21-63(102)78(119)100-61(36-66(84)107)75(116)96-57(31-44-22-24-47(104)25-23-44)72(113)98-59(34-64(82)105)74(115)97-58(33-46-38-90-52-19-11-9-17-49(46)52)73(114)99-60(35-65(83)106)76(117)101-62(40-103)77(118)95-56(30-43-14-6-5-7-15-43)69(110)91-39-67(108)92-55(29-42(3)4)71(112)93-53(20-12-26-88-80(86)87)70(111)94-54(68(85)109)32-45-37-89-51-18-10-8-16-48(45)51/h5-11,14-19,22-25,37-38,41-42,50,53-63,89-90,103-104H,12-13,20-21,26-36,39-40,81H2,1-4H3,(H2,82,105)(H2,83,106)(H2,84,107)(H2,85,109)(H,91,110)(H,92,108)(H,93,112)(H,94,111)(H,95,118)(H,96,116)(H,97,115)(H,98,113)(H,99,114)(H,100,119)(H,101,117)(H4,86,87,88)/t50-,53-,54-,55-,56-,57-,58-,59-,60-,61-,62-,63-/m0/s1. The minimum atomic E-state index is -2.03. The van der Waals surface area contributed by atoms with Crippen molar-refractivity contribution in [3.63, 3.8) is 0 Å². The first-order chi connectivity index (χ1) is 57.0. The van der Waals surface area contributed by atoms with Crippen LogP contribution >= 0.6 is 0 Å². The average Bonchev–Trinajstić information content (AvgIpc) is 1.67. The van der Waals surface area contributed by atoms with Crippen LogP contribution in [0.25, 0.3) is 21.8 Å². The molecule has 2 aromatic heterocycles. The zero-order valence-electron chi connectivity index (χ0n) is 66.9. The van der Waals surface area contributed by atoms with Gasteiger partial charge in [0.15, 0.2) is 5.96 Å². The summed E-state index contributed by atoms with van der Waals surface area (Å²) >= 11 is 0. The number of aromatic hydroxyl groups is 1. The van der Waals surface area contributed by atoms with Gasteiger partial charge in [-0.3, -0.25) is 81.7 Å². The second-order valence-electron chi connectivity index (χ2n) is 30.2. The van der Waals surface area contributed by atoms with Gasteiger partial charge < -0.3 is 124 Å². The Hall–Kier alpha value is -13.5. The fourth-order valence-corrected chi connectivity index (χ4v) is 13.6. The number of hydrogen-bond donors (Lipinski definition) is 22. The number of guanidine groups is 1. The third-order valence-corrected chi connectivity index (χ3v) is 19.6. The molecule has 7 rings (SSSR count). The maximum absolute atomic E-state index is 14.9. The van der Waals surface area contributed by atoms with Crippen molar-refractivity contribution in [3.05, 3.63) is 138 Å². The number of primary amides is 4. The Morgan fingerprint density at radius 1 is 0.467 bits per heavy atom. The number of nitrogens with zero attached hydrogens (tertiary/aromatic N) is 2. The normalized spacial score (nSPS) is 15.2. The number of aliphatic imine (C=N–C) groups is 1. The monoisotopic (exact) mass is 1660 g/mol. The summed E-state index contributed by atoms with van der Waals surface area (Å²) in [5.41, 5.74) is 43.0. The predicted octanol–water partition coefficient (Wildman–Crippen LogP) is -4.84. The Balaban J connectivity index is 1.07. The summed E-state index contributed by atoms with van der Waals surface area (Å²) < 4.78 is 0. The number of benzene rings is 4. The number of phenols is 1. The van der Waals surface area contributed by atoms with Crippen molar-refractivity contribution in [1.29, 1.82) is 0 Å². The molecule has 16 amide bonds. The highest BCUT2D eigenvalue weighted by Gasteiger charge is 2.41. The average molecular weight is 1670 g/mol. The van der Waals surface area contributed by atoms with Crippen molar-refractivity contribution in [3.8, 4) is 5.75 Å². The maximum atomic E-state index is 14.9. The van der Waals surface area contributed by atoms with E-state index >= 15 is 0 Å². The van der Waals surface area contributed by atoms with E-state index in [-0.39, 0.29) is 80.7 Å². The number of likely N-dealkylation sites (tertiary alicyclic amines) is 1. The quantitative estimate of drug-likeness (QED) is 0.00968. The molecule has 6 aromatic rings. The number of aliphatic hydroxyl groups excluding tert-OH is 1. The van der Waals surface area contributed by atoms with E-state index in [1.807, 2.05) is 32.0 Å². The lowest BCUT2D eigenvalue weighted by molar-refractivity contribution is -0.141. The van der Waals surface area contributed by atoms with E-state index in [9.17, 15) is 86.9 Å². The summed E-state index contributed by atoms with van der Waals surface area (Å²) in [7, 11) is 0. The summed E-state index contributed by atoms with van der Waals surface area (Å²) in [6.07, 6.45) is 0.152. The van der Waals surface area contributed by atoms with Crippen LogP contribution in [0, 0.1) is 11.8 Å². The molecule has 0 spiro atoms. The zero-order valence-corrected chi connectivity index (χ0v) is 66.9. The SMILES string of the molecule is CC(C)C[C@H](NC(=O)CNC(=O)[C@H](Cc1ccccc1)NC(=O)[C@H](CO)NC(=O)[C@H](CC(N)=O)NC(=O)[C@H](Cc1c[nH]c2ccccc12)NC(=O)[C@H](CC(N)=O)NC(=O)[C@H](Cc1ccc(O)cc1)NC(=O)[C@H](CC(N)=O)NC(=O)[C@@H]1CCCN1C(=O)[C@@H](N)CC(C)C)C(=O)N[C@@H](CCCN=C(N)N)C(=O)N[C@@H](Cc1c[nH]c2ccccc12)C(N)=O. The topological polar surface area (TPSA) is 675 Å². The molecule has 3 heterocycles. The van der Waals surface area contributed by atoms with E-state index in [0.29, 0.717) is 40.4 Å². The second kappa shape index (κ2) is 45.3. The summed E-state index contributed by atoms with van der Waals surface area (Å²) in [4.78, 5) is 234. The Morgan fingerprint density at radius 3 is 1.38 bits per heavy atom. The van der Waals surface area contributed by atoms with Crippen LogP contribution in [0.15, 0.2) is 121 Å². The van der Waals surface area contributed by atoms with Gasteiger partial charge in [0.1, 0.15) is 72.2 Å². The third-order valence-electron chi connectivity index (χ3n) is 19.6. The molecule has 120 heavy (non-hydrogen) atoms. The number of aromatic nitrogens is 2. The number of amides is 16. The number of H-pyrrole nitrogens is 2. The minimum Gasteiger partial charge on any atom is -0.508 e. The first-order valence-corrected chi connectivity index (χ1v) is 39.1. The maximum Gasteiger partial charge on any atom is 0.245 e. The fourth-order valence-electron chi connectivity index (χ4n) is 13.6. The molecule has 1 aliphatic heterocycles. The summed E-state index contributed by atoms with van der Waals surface area (Å²) in [5, 5.41) is 49.3. The molecule has 1 saturated heterocycles. The number of fused-ring (bicyclic) bond motifs is 2. The van der Waals surface area contributed by atoms with Crippen LogP contribution in [-0.2, 0) is 102 Å². The number of aromatic amines is 2. The van der Waals surface area contributed by atoms with Crippen LogP contribution in [0.4, 0.5) is 0 Å². The van der Waals surface area contributed by atoms with E-state index < -0.39 is 212 Å². The molecule has 1 fully saturated rings. The number of nitrogens with two attached hydrogens (primary N) is 7. The largest absolute Gasteiger partial charge is 0.508 e. The smallest absolute Gasteiger partial charge is 0.245 e. The molecule has 0 aliphatic carbocycles. The zero-order chi connectivity index (χ0) is 88.0. The first-order valence-electron chi connectivity index (χ1n) is 39.1. The van der Waals surface area contributed by atoms with Crippen LogP contribution in [-0.4, -0.2) is 224 Å². The summed E-state index contributed by atoms with van der Waals surface area (Å²) in [5.74, 6) is -17.3. The van der Waals surface area contributed by atoms with Gasteiger partial charge in [-0.2, -0.15) is 0 Å². The molecule has 4 aromatic carbocycles. The van der Waals surface area contributed by atoms with Gasteiger partial charge in [-0.1, -0.05) is 107 Å². The molecule has 40 heteroatoms. The Bertz CT molecular complexity index is 4680. The Labute approximate surface area is 690 Å². The summed E-state index contributed by atoms with van der Waals surface area (Å²) in [6, 6.07) is 8.42. The van der Waals surface area contributed by atoms with Gasteiger partial charge in [0, 0.05) is 73.0 Å². The van der Waals surface area contributed by atoms with Crippen molar-refractivity contribution in [2.75, 3.05) is 26.2 Å². The highest BCUT2D eigenvalue weighted by Crippen LogP contribution is 2.24. The van der Waals surface area contributed by atoms with E-state index in [1.54, 1.807) is 80.7 Å². The number of carbonyl (C=O) groups is 16. The second-order valence-corrected chi connectivity index (χ2v) is 30.2. The van der Waals surface area contributed by atoms with E-state index in [2.05, 4.69) is 73.4 Å². The third kappa shape index (κ3) is 29.0. The highest BCUT2D eigenvalue weighted by molar-refractivity contribution is 6.02. The molecule has 29 N–H and O–H groups in total. The lowest BCUT2D eigenvalue weighted by Crippen LogP contribution is -2.62. The summed E-state index contributed by atoms with van der Waals surface area (Å²) in [6.45, 7) is 5.43. The van der Waals surface area contributed by atoms with E-state index in [4.69, 9.17) is 40.1 Å². The lowest BCUT2D eigenvalue weighted by Gasteiger charge is -2.29. The molecule has 40 nitrogen and oxygen atoms in total. The fraction of sp³-hybridized carbons (Fsp3) is 0.438. The Kier molecular flexibility index (Phi) is 35.3. The molecule has 0 saturated carbocycles. The molecular weight excluding hydrogens is 1560 g/mol. The number of para-hydroxylation sites is 2. The Morgan fingerprint density at radius 2 is 0.883 bits per heavy atom. The van der Waals surface area contributed by atoms with Gasteiger partial charge in [0.25, 0.3) is 0 Å². The number of phenolic OH excluding ortho intramolecular Hbond substituents is 1. The van der Waals surface area contributed by atoms with Crippen molar-refractivity contribution in [2.45, 2.75) is 184 Å². The van der Waals surface area contributed by atoms with Gasteiger partial charge in [0.05, 0.1) is 38.5 Å². The highest BCUT2D eigenvalue weighted by atomic mass is 16.3. The van der Waals surface area contributed by atoms with Crippen LogP contribution in [0.3, 0.4) is 0 Å². The van der Waals surface area contributed by atoms with E-state index in [0.717, 1.165) is 10.9 Å². The van der Waals surface area contributed by atoms with Crippen LogP contribution in [0.5, 0.6) is 5.75 Å². The van der Waals surface area contributed by atoms with Crippen LogP contribution < -0.4 is 98.6 Å². The van der Waals surface area contributed by atoms with Gasteiger partial charge in [0.2, 0.25) is 94.5 Å². The molecule has 0 bridgehead atoms. The minimum absolute atomic E-state index is 0.00195. The molecule has 12 atom stereocenters. The van der Waals surface area contributed by atoms with Gasteiger partial charge in [-0.25, -0.2) is 0 Å². The number of rotatable bonds is 47. The number of nitrogens with one attached hydrogen (secondary N) is 13. The van der Waals surface area contributed by atoms with Crippen LogP contribution in [0.2, 0.25) is 0 Å². The van der Waals surface area contributed by atoms with Gasteiger partial charge in [-0.05, 0) is 96.9 Å². The molecule has 0 unspecified atom stereocenters. The molecule has 0 radical (unpaired) electrons. The predicted molar refractivity (Wildman–Crippen MR) is 438 cm³/mol. The molecular formula is C80H108N22O18. The lowest BCUT2D eigenvalue weighted by atomic mass is 10.0. The number of carbonyl (C=O) groups excluding carboxylic acids is 16. The van der Waals surface area contributed by atoms with Crippen molar-refractivity contribution < 1.29 is 86.9 Å². The van der Waals surface area contributed by atoms with Gasteiger partial charge in [-0.15, -0.1) is 0 Å². The van der Waals surface area contributed by atoms with Gasteiger partial charge >= 0.3 is 0 Å². The van der Waals surface area contributed by atoms with Crippen molar-refractivity contribution in [2.24, 2.45) is 57.0 Å². The molecule has 646 valence electrons. The number of hydrogen-bond acceptors (Lipinski definition) is 20. The number of aliphatic hydroxyl groups is 1. The first kappa shape index (κ1) is 93.6.